The van der Waals surface area contributed by atoms with Crippen molar-refractivity contribution in [2.24, 2.45) is 10.7 Å². The van der Waals surface area contributed by atoms with Crippen LogP contribution in [-0.4, -0.2) is 24.5 Å². The largest absolute Gasteiger partial charge is 0.370 e. The molecule has 5 heteroatoms. The highest BCUT2D eigenvalue weighted by Crippen LogP contribution is 2.13. The van der Waals surface area contributed by atoms with Gasteiger partial charge in [-0.15, -0.1) is 0 Å². The molecule has 0 aliphatic carbocycles. The van der Waals surface area contributed by atoms with Gasteiger partial charge in [-0.05, 0) is 49.9 Å². The summed E-state index contributed by atoms with van der Waals surface area (Å²) in [6.45, 7) is 4.61. The summed E-state index contributed by atoms with van der Waals surface area (Å²) in [5.41, 5.74) is 9.19. The minimum Gasteiger partial charge on any atom is -0.370 e. The molecule has 1 aromatic carbocycles. The van der Waals surface area contributed by atoms with Crippen LogP contribution in [0.2, 0.25) is 0 Å². The number of piperidine rings is 1. The summed E-state index contributed by atoms with van der Waals surface area (Å²) in [6, 6.07) is 6.27. The molecule has 0 radical (unpaired) electrons. The second-order valence-corrected chi connectivity index (χ2v) is 5.38. The van der Waals surface area contributed by atoms with Gasteiger partial charge in [0.15, 0.2) is 5.96 Å². The normalized spacial score (nSPS) is 19.6. The zero-order valence-electron chi connectivity index (χ0n) is 12.1. The molecule has 1 aliphatic heterocycles. The molecule has 1 unspecified atom stereocenters. The number of aliphatic imine (C=N–C) groups is 1. The monoisotopic (exact) mass is 274 g/mol. The Balaban J connectivity index is 1.91. The lowest BCUT2D eigenvalue weighted by atomic mass is 10.0. The van der Waals surface area contributed by atoms with Crippen LogP contribution in [0.1, 0.15) is 30.4 Å². The Bertz CT molecular complexity index is 504. The topological polar surface area (TPSA) is 79.5 Å². The quantitative estimate of drug-likeness (QED) is 0.580. The van der Waals surface area contributed by atoms with Crippen molar-refractivity contribution in [2.75, 3.05) is 11.9 Å². The van der Waals surface area contributed by atoms with Crippen LogP contribution >= 0.6 is 0 Å². The summed E-state index contributed by atoms with van der Waals surface area (Å²) < 4.78 is 0. The zero-order valence-corrected chi connectivity index (χ0v) is 12.1. The van der Waals surface area contributed by atoms with E-state index in [-0.39, 0.29) is 11.9 Å². The molecule has 0 saturated carbocycles. The van der Waals surface area contributed by atoms with Crippen molar-refractivity contribution < 1.29 is 4.79 Å². The Morgan fingerprint density at radius 1 is 1.40 bits per heavy atom. The van der Waals surface area contributed by atoms with E-state index in [1.165, 1.54) is 11.1 Å². The van der Waals surface area contributed by atoms with Gasteiger partial charge < -0.3 is 16.4 Å². The number of nitrogens with two attached hydrogens (primary N) is 1. The van der Waals surface area contributed by atoms with Gasteiger partial charge in [-0.25, -0.2) is 0 Å². The first-order chi connectivity index (χ1) is 9.52. The van der Waals surface area contributed by atoms with Crippen LogP contribution in [0.4, 0.5) is 5.69 Å². The first kappa shape index (κ1) is 14.4. The number of rotatable bonds is 3. The molecular weight excluding hydrogens is 252 g/mol. The first-order valence-electron chi connectivity index (χ1n) is 6.97. The third kappa shape index (κ3) is 4.26. The van der Waals surface area contributed by atoms with Crippen molar-refractivity contribution in [1.29, 1.82) is 0 Å². The predicted molar refractivity (Wildman–Crippen MR) is 81.8 cm³/mol. The van der Waals surface area contributed by atoms with E-state index in [4.69, 9.17) is 5.73 Å². The predicted octanol–water partition coefficient (Wildman–Crippen LogP) is 1.70. The van der Waals surface area contributed by atoms with Crippen LogP contribution in [0.3, 0.4) is 0 Å². The average Bonchev–Trinajstić information content (AvgIpc) is 2.35. The summed E-state index contributed by atoms with van der Waals surface area (Å²) >= 11 is 0. The van der Waals surface area contributed by atoms with Gasteiger partial charge in [0.05, 0.1) is 6.54 Å². The van der Waals surface area contributed by atoms with Crippen molar-refractivity contribution in [3.8, 4) is 0 Å². The Hall–Kier alpha value is -2.04. The fourth-order valence-corrected chi connectivity index (χ4v) is 2.46. The molecule has 1 aromatic rings. The number of carbonyl (C=O) groups excluding carboxylic acids is 1. The maximum atomic E-state index is 11.3. The molecule has 20 heavy (non-hydrogen) atoms. The molecule has 1 atom stereocenters. The highest BCUT2D eigenvalue weighted by Gasteiger charge is 2.17. The van der Waals surface area contributed by atoms with Crippen LogP contribution in [0, 0.1) is 13.8 Å². The summed E-state index contributed by atoms with van der Waals surface area (Å²) in [5.74, 6) is 0.493. The van der Waals surface area contributed by atoms with E-state index in [1.54, 1.807) is 0 Å². The molecule has 0 aromatic heterocycles. The molecular formula is C15H22N4O. The van der Waals surface area contributed by atoms with Gasteiger partial charge in [0.1, 0.15) is 0 Å². The van der Waals surface area contributed by atoms with Crippen LogP contribution in [0.5, 0.6) is 0 Å². The number of hydrogen-bond donors (Lipinski definition) is 3. The molecule has 108 valence electrons. The zero-order chi connectivity index (χ0) is 14.5. The highest BCUT2D eigenvalue weighted by molar-refractivity contribution is 5.92. The minimum absolute atomic E-state index is 0.107. The molecule has 1 saturated heterocycles. The van der Waals surface area contributed by atoms with E-state index < -0.39 is 0 Å². The Morgan fingerprint density at radius 2 is 2.10 bits per heavy atom. The second kappa shape index (κ2) is 6.41. The Kier molecular flexibility index (Phi) is 4.61. The molecule has 5 nitrogen and oxygen atoms in total. The van der Waals surface area contributed by atoms with Crippen molar-refractivity contribution in [3.05, 3.63) is 29.3 Å². The molecule has 1 amide bonds. The van der Waals surface area contributed by atoms with Crippen LogP contribution in [0.25, 0.3) is 0 Å². The summed E-state index contributed by atoms with van der Waals surface area (Å²) in [4.78, 5) is 15.6. The number of benzene rings is 1. The Morgan fingerprint density at radius 3 is 2.75 bits per heavy atom. The van der Waals surface area contributed by atoms with E-state index in [9.17, 15) is 4.79 Å². The van der Waals surface area contributed by atoms with Gasteiger partial charge in [0, 0.05) is 18.2 Å². The lowest BCUT2D eigenvalue weighted by Gasteiger charge is -2.21. The van der Waals surface area contributed by atoms with Crippen LogP contribution in [-0.2, 0) is 4.79 Å². The van der Waals surface area contributed by atoms with Crippen molar-refractivity contribution in [1.82, 2.24) is 5.32 Å². The lowest BCUT2D eigenvalue weighted by Crippen LogP contribution is -2.41. The van der Waals surface area contributed by atoms with Gasteiger partial charge in [0.25, 0.3) is 0 Å². The SMILES string of the molecule is Cc1cc(C)cc(NC(N)=NCC2CCCC(=O)N2)c1. The molecule has 2 rings (SSSR count). The van der Waals surface area contributed by atoms with E-state index >= 15 is 0 Å². The summed E-state index contributed by atoms with van der Waals surface area (Å²) in [6.07, 6.45) is 2.51. The van der Waals surface area contributed by atoms with Crippen molar-refractivity contribution in [2.45, 2.75) is 39.2 Å². The molecule has 0 bridgehead atoms. The van der Waals surface area contributed by atoms with E-state index in [0.717, 1.165) is 18.5 Å². The smallest absolute Gasteiger partial charge is 0.220 e. The van der Waals surface area contributed by atoms with Gasteiger partial charge in [0.2, 0.25) is 5.91 Å². The Labute approximate surface area is 119 Å². The lowest BCUT2D eigenvalue weighted by molar-refractivity contribution is -0.123. The number of anilines is 1. The summed E-state index contributed by atoms with van der Waals surface area (Å²) in [7, 11) is 0. The second-order valence-electron chi connectivity index (χ2n) is 5.38. The summed E-state index contributed by atoms with van der Waals surface area (Å²) in [5, 5.41) is 6.01. The van der Waals surface area contributed by atoms with Crippen molar-refractivity contribution >= 4 is 17.6 Å². The van der Waals surface area contributed by atoms with Gasteiger partial charge in [-0.1, -0.05) is 6.07 Å². The highest BCUT2D eigenvalue weighted by atomic mass is 16.1. The number of guanidine groups is 1. The van der Waals surface area contributed by atoms with Gasteiger partial charge in [-0.3, -0.25) is 9.79 Å². The maximum absolute atomic E-state index is 11.3. The molecule has 1 aliphatic rings. The fraction of sp³-hybridized carbons (Fsp3) is 0.467. The van der Waals surface area contributed by atoms with Gasteiger partial charge >= 0.3 is 0 Å². The standard InChI is InChI=1S/C15H22N4O/c1-10-6-11(2)8-13(7-10)19-15(16)17-9-12-4-3-5-14(20)18-12/h6-8,12H,3-5,9H2,1-2H3,(H,18,20)(H3,16,17,19). The number of nitrogens with one attached hydrogen (secondary N) is 2. The number of nitrogens with zero attached hydrogens (tertiary/aromatic N) is 1. The molecule has 1 heterocycles. The van der Waals surface area contributed by atoms with Crippen LogP contribution < -0.4 is 16.4 Å². The third-order valence-electron chi connectivity index (χ3n) is 3.30. The van der Waals surface area contributed by atoms with Crippen LogP contribution in [0.15, 0.2) is 23.2 Å². The fourth-order valence-electron chi connectivity index (χ4n) is 2.46. The molecule has 0 spiro atoms. The average molecular weight is 274 g/mol. The van der Waals surface area contributed by atoms with E-state index in [1.807, 2.05) is 26.0 Å². The first-order valence-corrected chi connectivity index (χ1v) is 6.97. The van der Waals surface area contributed by atoms with Crippen molar-refractivity contribution in [3.63, 3.8) is 0 Å². The van der Waals surface area contributed by atoms with Gasteiger partial charge in [-0.2, -0.15) is 0 Å². The molecule has 1 fully saturated rings. The van der Waals surface area contributed by atoms with E-state index in [0.29, 0.717) is 18.9 Å². The number of amides is 1. The molecule has 4 N–H and O–H groups in total. The maximum Gasteiger partial charge on any atom is 0.220 e. The number of hydrogen-bond acceptors (Lipinski definition) is 2. The van der Waals surface area contributed by atoms with E-state index in [2.05, 4.69) is 21.7 Å². The third-order valence-corrected chi connectivity index (χ3v) is 3.30. The number of carbonyl (C=O) groups is 1. The number of aryl methyl sites for hydroxylation is 2. The minimum atomic E-state index is 0.107.